The molecule has 2 aromatic heterocycles. The summed E-state index contributed by atoms with van der Waals surface area (Å²) in [4.78, 5) is 16.8. The third-order valence-electron chi connectivity index (χ3n) is 4.32. The Balaban J connectivity index is 2.03. The van der Waals surface area contributed by atoms with Crippen LogP contribution in [0.2, 0.25) is 0 Å². The summed E-state index contributed by atoms with van der Waals surface area (Å²) in [6.45, 7) is 8.73. The van der Waals surface area contributed by atoms with Crippen molar-refractivity contribution in [1.29, 1.82) is 0 Å². The number of carbonyl (C=O) groups is 1. The minimum absolute atomic E-state index is 0.00131. The minimum Gasteiger partial charge on any atom is -0.355 e. The molecule has 0 spiro atoms. The number of hydrogen-bond donors (Lipinski definition) is 1. The molecule has 1 atom stereocenters. The molecule has 0 unspecified atom stereocenters. The van der Waals surface area contributed by atoms with Gasteiger partial charge in [0, 0.05) is 12.7 Å². The fourth-order valence-electron chi connectivity index (χ4n) is 2.88. The summed E-state index contributed by atoms with van der Waals surface area (Å²) < 4.78 is 1.99. The molecule has 0 aliphatic rings. The number of carbonyl (C=O) groups excluding carboxylic acids is 1. The number of amides is 1. The number of rotatable bonds is 7. The van der Waals surface area contributed by atoms with Gasteiger partial charge in [-0.05, 0) is 51.0 Å². The zero-order chi connectivity index (χ0) is 20.1. The molecule has 28 heavy (non-hydrogen) atoms. The predicted molar refractivity (Wildman–Crippen MR) is 113 cm³/mol. The fourth-order valence-corrected chi connectivity index (χ4v) is 3.77. The molecule has 1 aromatic carbocycles. The van der Waals surface area contributed by atoms with Gasteiger partial charge in [0.25, 0.3) is 0 Å². The zero-order valence-electron chi connectivity index (χ0n) is 16.6. The van der Waals surface area contributed by atoms with Gasteiger partial charge in [-0.2, -0.15) is 0 Å². The maximum atomic E-state index is 12.3. The van der Waals surface area contributed by atoms with E-state index in [0.29, 0.717) is 17.5 Å². The Hall–Kier alpha value is -2.67. The van der Waals surface area contributed by atoms with E-state index < -0.39 is 0 Å². The van der Waals surface area contributed by atoms with E-state index in [-0.39, 0.29) is 11.2 Å². The van der Waals surface area contributed by atoms with E-state index in [1.807, 2.05) is 36.6 Å². The van der Waals surface area contributed by atoms with Crippen LogP contribution in [0.15, 0.2) is 47.8 Å². The lowest BCUT2D eigenvalue weighted by atomic mass is 10.1. The molecule has 146 valence electrons. The molecule has 0 aliphatic heterocycles. The first-order valence-corrected chi connectivity index (χ1v) is 10.3. The van der Waals surface area contributed by atoms with Crippen molar-refractivity contribution in [3.63, 3.8) is 0 Å². The molecule has 0 aliphatic carbocycles. The Bertz CT molecular complexity index is 955. The number of nitrogens with one attached hydrogen (secondary N) is 1. The lowest BCUT2D eigenvalue weighted by molar-refractivity contribution is -0.120. The molecule has 1 N–H and O–H groups in total. The van der Waals surface area contributed by atoms with E-state index in [4.69, 9.17) is 0 Å². The standard InChI is InChI=1S/C21H25N5OS/c1-5-11-23-20(27)16(4)28-21-25-24-19(17-8-6-7-12-22-17)26(21)18-10-9-14(2)13-15(18)3/h6-10,12-13,16H,5,11H2,1-4H3,(H,23,27)/t16-/m1/s1. The molecule has 3 aromatic rings. The summed E-state index contributed by atoms with van der Waals surface area (Å²) in [6, 6.07) is 12.0. The van der Waals surface area contributed by atoms with Crippen molar-refractivity contribution < 1.29 is 4.79 Å². The first-order chi connectivity index (χ1) is 13.5. The highest BCUT2D eigenvalue weighted by molar-refractivity contribution is 8.00. The van der Waals surface area contributed by atoms with Crippen molar-refractivity contribution in [2.75, 3.05) is 6.54 Å². The second-order valence-corrected chi connectivity index (χ2v) is 8.01. The van der Waals surface area contributed by atoms with Gasteiger partial charge in [0.1, 0.15) is 5.69 Å². The summed E-state index contributed by atoms with van der Waals surface area (Å²) in [5.41, 5.74) is 4.03. The monoisotopic (exact) mass is 395 g/mol. The number of hydrogen-bond acceptors (Lipinski definition) is 5. The maximum Gasteiger partial charge on any atom is 0.233 e. The first kappa shape index (κ1) is 20.1. The third kappa shape index (κ3) is 4.42. The van der Waals surface area contributed by atoms with E-state index in [9.17, 15) is 4.79 Å². The topological polar surface area (TPSA) is 72.7 Å². The fraction of sp³-hybridized carbons (Fsp3) is 0.333. The molecule has 0 radical (unpaired) electrons. The van der Waals surface area contributed by atoms with Crippen molar-refractivity contribution in [3.8, 4) is 17.2 Å². The largest absolute Gasteiger partial charge is 0.355 e. The average Bonchev–Trinajstić information content (AvgIpc) is 3.10. The SMILES string of the molecule is CCCNC(=O)[C@@H](C)Sc1nnc(-c2ccccn2)n1-c1ccc(C)cc1C. The number of aromatic nitrogens is 4. The number of thioether (sulfide) groups is 1. The molecule has 0 bridgehead atoms. The number of nitrogens with zero attached hydrogens (tertiary/aromatic N) is 4. The molecule has 2 heterocycles. The summed E-state index contributed by atoms with van der Waals surface area (Å²) in [5, 5.41) is 12.1. The summed E-state index contributed by atoms with van der Waals surface area (Å²) in [5.74, 6) is 0.664. The highest BCUT2D eigenvalue weighted by Gasteiger charge is 2.22. The van der Waals surface area contributed by atoms with E-state index in [1.54, 1.807) is 6.20 Å². The Morgan fingerprint density at radius 2 is 2.04 bits per heavy atom. The third-order valence-corrected chi connectivity index (χ3v) is 5.36. The first-order valence-electron chi connectivity index (χ1n) is 9.40. The van der Waals surface area contributed by atoms with Crippen LogP contribution >= 0.6 is 11.8 Å². The van der Waals surface area contributed by atoms with Gasteiger partial charge in [0.15, 0.2) is 11.0 Å². The predicted octanol–water partition coefficient (Wildman–Crippen LogP) is 3.95. The average molecular weight is 396 g/mol. The van der Waals surface area contributed by atoms with Crippen LogP contribution < -0.4 is 5.32 Å². The molecule has 0 fully saturated rings. The Labute approximate surface area is 169 Å². The van der Waals surface area contributed by atoms with Gasteiger partial charge >= 0.3 is 0 Å². The van der Waals surface area contributed by atoms with Crippen LogP contribution in [-0.2, 0) is 4.79 Å². The van der Waals surface area contributed by atoms with Gasteiger partial charge in [-0.15, -0.1) is 10.2 Å². The zero-order valence-corrected chi connectivity index (χ0v) is 17.5. The van der Waals surface area contributed by atoms with Gasteiger partial charge in [-0.25, -0.2) is 0 Å². The van der Waals surface area contributed by atoms with Crippen molar-refractivity contribution in [2.24, 2.45) is 0 Å². The molecule has 0 saturated carbocycles. The lowest BCUT2D eigenvalue weighted by Gasteiger charge is -2.15. The van der Waals surface area contributed by atoms with Gasteiger partial charge in [0.05, 0.1) is 10.9 Å². The highest BCUT2D eigenvalue weighted by Crippen LogP contribution is 2.31. The van der Waals surface area contributed by atoms with Gasteiger partial charge in [-0.1, -0.05) is 42.4 Å². The summed E-state index contributed by atoms with van der Waals surface area (Å²) >= 11 is 1.40. The number of aryl methyl sites for hydroxylation is 2. The van der Waals surface area contributed by atoms with Gasteiger partial charge in [0.2, 0.25) is 5.91 Å². The Morgan fingerprint density at radius 3 is 2.71 bits per heavy atom. The van der Waals surface area contributed by atoms with Crippen LogP contribution in [0.4, 0.5) is 0 Å². The van der Waals surface area contributed by atoms with Crippen LogP contribution in [0.1, 0.15) is 31.4 Å². The van der Waals surface area contributed by atoms with E-state index in [2.05, 4.69) is 52.5 Å². The van der Waals surface area contributed by atoms with Gasteiger partial charge < -0.3 is 5.32 Å². The van der Waals surface area contributed by atoms with Crippen LogP contribution in [0.5, 0.6) is 0 Å². The molecule has 6 nitrogen and oxygen atoms in total. The van der Waals surface area contributed by atoms with Crippen molar-refractivity contribution in [2.45, 2.75) is 44.5 Å². The summed E-state index contributed by atoms with van der Waals surface area (Å²) in [6.07, 6.45) is 2.65. The number of benzene rings is 1. The van der Waals surface area contributed by atoms with Crippen LogP contribution in [0.3, 0.4) is 0 Å². The minimum atomic E-state index is -0.281. The molecular formula is C21H25N5OS. The second kappa shape index (κ2) is 9.01. The molecule has 0 saturated heterocycles. The molecule has 3 rings (SSSR count). The van der Waals surface area contributed by atoms with Crippen molar-refractivity contribution in [1.82, 2.24) is 25.1 Å². The molecular weight excluding hydrogens is 370 g/mol. The Morgan fingerprint density at radius 1 is 1.21 bits per heavy atom. The second-order valence-electron chi connectivity index (χ2n) is 6.70. The van der Waals surface area contributed by atoms with E-state index in [0.717, 1.165) is 23.4 Å². The maximum absolute atomic E-state index is 12.3. The Kier molecular flexibility index (Phi) is 6.46. The van der Waals surface area contributed by atoms with Crippen LogP contribution in [0, 0.1) is 13.8 Å². The smallest absolute Gasteiger partial charge is 0.233 e. The van der Waals surface area contributed by atoms with E-state index >= 15 is 0 Å². The highest BCUT2D eigenvalue weighted by atomic mass is 32.2. The van der Waals surface area contributed by atoms with E-state index in [1.165, 1.54) is 17.3 Å². The number of pyridine rings is 1. The van der Waals surface area contributed by atoms with Gasteiger partial charge in [-0.3, -0.25) is 14.3 Å². The normalized spacial score (nSPS) is 12.0. The molecule has 7 heteroatoms. The van der Waals surface area contributed by atoms with Crippen molar-refractivity contribution in [3.05, 3.63) is 53.7 Å². The molecule has 1 amide bonds. The van der Waals surface area contributed by atoms with Crippen molar-refractivity contribution >= 4 is 17.7 Å². The quantitative estimate of drug-likeness (QED) is 0.613. The van der Waals surface area contributed by atoms with Crippen LogP contribution in [-0.4, -0.2) is 37.5 Å². The summed E-state index contributed by atoms with van der Waals surface area (Å²) in [7, 11) is 0. The van der Waals surface area contributed by atoms with Crippen LogP contribution in [0.25, 0.3) is 17.2 Å². The lowest BCUT2D eigenvalue weighted by Crippen LogP contribution is -2.31.